The molecule has 0 aliphatic carbocycles. The lowest BCUT2D eigenvalue weighted by molar-refractivity contribution is -0.114. The molecule has 0 aliphatic heterocycles. The van der Waals surface area contributed by atoms with Gasteiger partial charge >= 0.3 is 0 Å². The van der Waals surface area contributed by atoms with Gasteiger partial charge in [0, 0.05) is 24.3 Å². The highest BCUT2D eigenvalue weighted by atomic mass is 16.3. The number of hydrogen-bond donors (Lipinski definition) is 3. The van der Waals surface area contributed by atoms with Crippen molar-refractivity contribution in [2.24, 2.45) is 0 Å². The van der Waals surface area contributed by atoms with Crippen LogP contribution < -0.4 is 10.6 Å². The standard InChI is InChI=1S/C18H24N2O3/c1-10(2)12(5)17(11(3)4)18(23)20-15-8-7-14(9-16(15)22)19-13(6)21/h7-9,22H,1-6H3,(H,19,21)(H,20,23). The summed E-state index contributed by atoms with van der Waals surface area (Å²) in [5.74, 6) is -0.606. The summed E-state index contributed by atoms with van der Waals surface area (Å²) in [5.41, 5.74) is 4.24. The summed E-state index contributed by atoms with van der Waals surface area (Å²) in [6, 6.07) is 4.57. The van der Waals surface area contributed by atoms with Crippen molar-refractivity contribution in [3.05, 3.63) is 40.5 Å². The van der Waals surface area contributed by atoms with Gasteiger partial charge in [0.25, 0.3) is 5.91 Å². The number of carbonyl (C=O) groups excluding carboxylic acids is 2. The second kappa shape index (κ2) is 7.63. The Morgan fingerprint density at radius 1 is 0.913 bits per heavy atom. The van der Waals surface area contributed by atoms with Gasteiger partial charge in [-0.3, -0.25) is 9.59 Å². The Morgan fingerprint density at radius 3 is 1.96 bits per heavy atom. The van der Waals surface area contributed by atoms with E-state index in [0.717, 1.165) is 16.7 Å². The maximum Gasteiger partial charge on any atom is 0.255 e. The van der Waals surface area contributed by atoms with Crippen LogP contribution in [-0.2, 0) is 9.59 Å². The molecular formula is C18H24N2O3. The van der Waals surface area contributed by atoms with Crippen molar-refractivity contribution in [2.45, 2.75) is 41.5 Å². The predicted molar refractivity (Wildman–Crippen MR) is 93.5 cm³/mol. The molecule has 2 amide bonds. The van der Waals surface area contributed by atoms with Crippen molar-refractivity contribution in [3.8, 4) is 5.75 Å². The number of carbonyl (C=O) groups is 2. The minimum Gasteiger partial charge on any atom is -0.506 e. The molecule has 0 aliphatic rings. The maximum atomic E-state index is 12.5. The zero-order valence-electron chi connectivity index (χ0n) is 14.5. The number of rotatable bonds is 4. The Bertz CT molecular complexity index is 692. The number of phenolic OH excluding ortho intramolecular Hbond substituents is 1. The van der Waals surface area contributed by atoms with Gasteiger partial charge in [0.2, 0.25) is 5.91 Å². The molecule has 1 rings (SSSR count). The normalized spacial score (nSPS) is 9.83. The minimum atomic E-state index is -0.272. The van der Waals surface area contributed by atoms with E-state index in [1.54, 1.807) is 12.1 Å². The van der Waals surface area contributed by atoms with Crippen LogP contribution in [0.2, 0.25) is 0 Å². The first-order valence-corrected chi connectivity index (χ1v) is 7.37. The first-order chi connectivity index (χ1) is 10.6. The molecule has 0 saturated carbocycles. The number of amides is 2. The van der Waals surface area contributed by atoms with Crippen LogP contribution in [0.15, 0.2) is 40.5 Å². The molecule has 0 saturated heterocycles. The van der Waals surface area contributed by atoms with Crippen LogP contribution in [0.25, 0.3) is 0 Å². The molecule has 5 heteroatoms. The van der Waals surface area contributed by atoms with Gasteiger partial charge in [-0.15, -0.1) is 0 Å². The van der Waals surface area contributed by atoms with Gasteiger partial charge in [-0.25, -0.2) is 0 Å². The molecule has 1 aromatic carbocycles. The van der Waals surface area contributed by atoms with E-state index >= 15 is 0 Å². The molecule has 0 atom stereocenters. The molecule has 0 bridgehead atoms. The number of benzene rings is 1. The van der Waals surface area contributed by atoms with E-state index in [4.69, 9.17) is 0 Å². The minimum absolute atomic E-state index is 0.104. The summed E-state index contributed by atoms with van der Waals surface area (Å²) in [6.45, 7) is 10.9. The van der Waals surface area contributed by atoms with E-state index in [2.05, 4.69) is 10.6 Å². The summed E-state index contributed by atoms with van der Waals surface area (Å²) in [7, 11) is 0. The maximum absolute atomic E-state index is 12.5. The predicted octanol–water partition coefficient (Wildman–Crippen LogP) is 3.98. The Balaban J connectivity index is 3.08. The molecule has 3 N–H and O–H groups in total. The van der Waals surface area contributed by atoms with Crippen LogP contribution in [0, 0.1) is 0 Å². The van der Waals surface area contributed by atoms with Crippen LogP contribution in [0.1, 0.15) is 41.5 Å². The van der Waals surface area contributed by atoms with Gasteiger partial charge in [0.15, 0.2) is 0 Å². The number of anilines is 2. The molecule has 124 valence electrons. The summed E-state index contributed by atoms with van der Waals surface area (Å²) >= 11 is 0. The first kappa shape index (κ1) is 18.5. The number of hydrogen-bond acceptors (Lipinski definition) is 3. The molecular weight excluding hydrogens is 292 g/mol. The molecule has 0 radical (unpaired) electrons. The average molecular weight is 316 g/mol. The van der Waals surface area contributed by atoms with E-state index in [0.29, 0.717) is 16.9 Å². The fourth-order valence-corrected chi connectivity index (χ4v) is 2.13. The third kappa shape index (κ3) is 4.98. The zero-order valence-corrected chi connectivity index (χ0v) is 14.5. The van der Waals surface area contributed by atoms with Crippen molar-refractivity contribution in [2.75, 3.05) is 10.6 Å². The summed E-state index contributed by atoms with van der Waals surface area (Å²) < 4.78 is 0. The van der Waals surface area contributed by atoms with Crippen molar-refractivity contribution < 1.29 is 14.7 Å². The molecule has 23 heavy (non-hydrogen) atoms. The van der Waals surface area contributed by atoms with Crippen LogP contribution >= 0.6 is 0 Å². The van der Waals surface area contributed by atoms with Crippen LogP contribution in [-0.4, -0.2) is 16.9 Å². The third-order valence-corrected chi connectivity index (χ3v) is 3.42. The number of phenols is 1. The third-order valence-electron chi connectivity index (χ3n) is 3.42. The summed E-state index contributed by atoms with van der Waals surface area (Å²) in [5, 5.41) is 15.3. The van der Waals surface area contributed by atoms with E-state index in [1.807, 2.05) is 34.6 Å². The molecule has 1 aromatic rings. The first-order valence-electron chi connectivity index (χ1n) is 7.37. The van der Waals surface area contributed by atoms with Gasteiger partial charge < -0.3 is 15.7 Å². The fraction of sp³-hybridized carbons (Fsp3) is 0.333. The second-order valence-corrected chi connectivity index (χ2v) is 5.87. The Hall–Kier alpha value is -2.56. The molecule has 0 unspecified atom stereocenters. The topological polar surface area (TPSA) is 78.4 Å². The molecule has 0 fully saturated rings. The summed E-state index contributed by atoms with van der Waals surface area (Å²) in [4.78, 5) is 23.5. The Labute approximate surface area is 137 Å². The van der Waals surface area contributed by atoms with Gasteiger partial charge in [-0.1, -0.05) is 11.1 Å². The second-order valence-electron chi connectivity index (χ2n) is 5.87. The van der Waals surface area contributed by atoms with E-state index in [-0.39, 0.29) is 17.6 Å². The van der Waals surface area contributed by atoms with Crippen LogP contribution in [0.4, 0.5) is 11.4 Å². The number of nitrogens with one attached hydrogen (secondary N) is 2. The molecule has 0 aromatic heterocycles. The highest BCUT2D eigenvalue weighted by Crippen LogP contribution is 2.28. The van der Waals surface area contributed by atoms with Crippen LogP contribution in [0.3, 0.4) is 0 Å². The molecule has 5 nitrogen and oxygen atoms in total. The van der Waals surface area contributed by atoms with E-state index < -0.39 is 0 Å². The lowest BCUT2D eigenvalue weighted by Gasteiger charge is -2.14. The highest BCUT2D eigenvalue weighted by Gasteiger charge is 2.16. The molecule has 0 heterocycles. The number of aromatic hydroxyl groups is 1. The van der Waals surface area contributed by atoms with Crippen molar-refractivity contribution in [1.29, 1.82) is 0 Å². The highest BCUT2D eigenvalue weighted by molar-refractivity contribution is 6.08. The van der Waals surface area contributed by atoms with Gasteiger partial charge in [-0.2, -0.15) is 0 Å². The fourth-order valence-electron chi connectivity index (χ4n) is 2.13. The largest absolute Gasteiger partial charge is 0.506 e. The van der Waals surface area contributed by atoms with E-state index in [9.17, 15) is 14.7 Å². The van der Waals surface area contributed by atoms with Crippen molar-refractivity contribution >= 4 is 23.2 Å². The Morgan fingerprint density at radius 2 is 1.52 bits per heavy atom. The SMILES string of the molecule is CC(=O)Nc1ccc(NC(=O)C(=C(C)C)C(C)=C(C)C)c(O)c1. The number of allylic oxidation sites excluding steroid dienone is 2. The van der Waals surface area contributed by atoms with Gasteiger partial charge in [0.1, 0.15) is 5.75 Å². The lowest BCUT2D eigenvalue weighted by Crippen LogP contribution is -2.17. The van der Waals surface area contributed by atoms with Crippen molar-refractivity contribution in [1.82, 2.24) is 0 Å². The monoisotopic (exact) mass is 316 g/mol. The van der Waals surface area contributed by atoms with Gasteiger partial charge in [0.05, 0.1) is 5.69 Å². The van der Waals surface area contributed by atoms with Crippen molar-refractivity contribution in [3.63, 3.8) is 0 Å². The Kier molecular flexibility index (Phi) is 6.13. The smallest absolute Gasteiger partial charge is 0.255 e. The zero-order chi connectivity index (χ0) is 17.7. The average Bonchev–Trinajstić information content (AvgIpc) is 2.40. The lowest BCUT2D eigenvalue weighted by atomic mass is 9.98. The van der Waals surface area contributed by atoms with Gasteiger partial charge in [-0.05, 0) is 52.3 Å². The summed E-state index contributed by atoms with van der Waals surface area (Å²) in [6.07, 6.45) is 0. The van der Waals surface area contributed by atoms with E-state index in [1.165, 1.54) is 13.0 Å². The molecule has 0 spiro atoms. The van der Waals surface area contributed by atoms with Crippen LogP contribution in [0.5, 0.6) is 5.75 Å². The quantitative estimate of drug-likeness (QED) is 0.446.